The lowest BCUT2D eigenvalue weighted by molar-refractivity contribution is 0.291. The monoisotopic (exact) mass is 1630 g/mol. The summed E-state index contributed by atoms with van der Waals surface area (Å²) in [6.45, 7) is 28.7. The fraction of sp³-hybridized carbons (Fsp3) is 0.288. The smallest absolute Gasteiger partial charge is 0.246 e. The van der Waals surface area contributed by atoms with Gasteiger partial charge in [-0.25, -0.2) is 0 Å². The zero-order valence-corrected chi connectivity index (χ0v) is 75.1. The summed E-state index contributed by atoms with van der Waals surface area (Å²) >= 11 is 0. The van der Waals surface area contributed by atoms with Crippen LogP contribution in [0.3, 0.4) is 0 Å². The molecule has 8 unspecified atom stereocenters. The van der Waals surface area contributed by atoms with Gasteiger partial charge in [0, 0.05) is 110 Å². The van der Waals surface area contributed by atoms with E-state index in [1.54, 1.807) is 0 Å². The standard InChI is InChI=1S/C118H117BN6/c1-115(2,3)84-46-58-106-98(68-84)99-69-85(116(4,5)6)47-59-107(99)122(106)92-55-57-103-111(73-92)125(94-66-82(78-36-22-15-23-37-78)63-83(67-94)79-38-24-16-25-39-79)113-75-95(123-108-60-48-86(117(7,8)9)70-100(108)101-71-87(118(10,11)12)49-61-109(101)123)74-112-114(113)119(103)102-56-54-91(72-110(102)124(112)93-64-80(76-32-18-13-19-33-76)62-81(65-93)77-34-20-14-21-35-77)120(88-40-26-17-27-41-88)89-50-52-90(53-51-89)121-104-44-30-28-42-96(104)97-43-29-31-45-105(97)121/h13-15,17-24,26-30,32-44,46-50,52,54-68,70-71,73,85,91,95,97,100,105,108,112H,16,25,31,45,51,53,69,72,74-75H2,1-12H3. The van der Waals surface area contributed by atoms with E-state index >= 15 is 0 Å². The Labute approximate surface area is 742 Å². The molecule has 11 aromatic rings. The molecule has 0 spiro atoms. The quantitative estimate of drug-likeness (QED) is 0.0895. The summed E-state index contributed by atoms with van der Waals surface area (Å²) in [6, 6.07) is 93.1. The Morgan fingerprint density at radius 1 is 0.456 bits per heavy atom. The summed E-state index contributed by atoms with van der Waals surface area (Å²) in [5.41, 5.74) is 39.5. The Hall–Kier alpha value is -12.1. The molecule has 6 nitrogen and oxygen atoms in total. The summed E-state index contributed by atoms with van der Waals surface area (Å²) in [5.74, 6) is 0.949. The topological polar surface area (TPSA) is 21.1 Å². The zero-order chi connectivity index (χ0) is 85.1. The lowest BCUT2D eigenvalue weighted by atomic mass is 9.30. The first-order valence-electron chi connectivity index (χ1n) is 46.7. The molecule has 11 aliphatic rings. The van der Waals surface area contributed by atoms with E-state index in [0.29, 0.717) is 17.9 Å². The minimum Gasteiger partial charge on any atom is -0.360 e. The maximum Gasteiger partial charge on any atom is 0.246 e. The molecule has 7 aliphatic carbocycles. The van der Waals surface area contributed by atoms with E-state index in [2.05, 4.69) is 434 Å². The van der Waals surface area contributed by atoms with Crippen LogP contribution >= 0.6 is 0 Å². The number of aromatic nitrogens is 1. The largest absolute Gasteiger partial charge is 0.360 e. The summed E-state index contributed by atoms with van der Waals surface area (Å²) < 4.78 is 2.67. The lowest BCUT2D eigenvalue weighted by Crippen LogP contribution is -2.61. The van der Waals surface area contributed by atoms with Crippen molar-refractivity contribution in [3.63, 3.8) is 0 Å². The van der Waals surface area contributed by atoms with Crippen LogP contribution in [0.15, 0.2) is 355 Å². The highest BCUT2D eigenvalue weighted by molar-refractivity contribution is 6.89. The molecule has 0 radical (unpaired) electrons. The number of rotatable bonds is 12. The van der Waals surface area contributed by atoms with Crippen molar-refractivity contribution in [2.75, 3.05) is 24.5 Å². The highest BCUT2D eigenvalue weighted by Gasteiger charge is 2.55. The van der Waals surface area contributed by atoms with Gasteiger partial charge in [0.1, 0.15) is 0 Å². The first kappa shape index (κ1) is 78.9. The van der Waals surface area contributed by atoms with Crippen LogP contribution in [-0.4, -0.2) is 41.5 Å². The predicted octanol–water partition coefficient (Wildman–Crippen LogP) is 28.9. The van der Waals surface area contributed by atoms with Gasteiger partial charge in [-0.1, -0.05) is 302 Å². The van der Waals surface area contributed by atoms with E-state index in [-0.39, 0.29) is 58.5 Å². The van der Waals surface area contributed by atoms with Gasteiger partial charge in [-0.2, -0.15) is 0 Å². The van der Waals surface area contributed by atoms with Crippen LogP contribution in [0.1, 0.15) is 192 Å². The summed E-state index contributed by atoms with van der Waals surface area (Å²) in [4.78, 5) is 14.3. The Morgan fingerprint density at radius 2 is 1.13 bits per heavy atom. The number of nitrogens with zero attached hydrogens (tertiary/aromatic N) is 6. The van der Waals surface area contributed by atoms with Crippen LogP contribution < -0.4 is 30.0 Å². The van der Waals surface area contributed by atoms with Crippen molar-refractivity contribution in [2.24, 2.45) is 16.7 Å². The van der Waals surface area contributed by atoms with Crippen LogP contribution in [0.2, 0.25) is 0 Å². The molecule has 125 heavy (non-hydrogen) atoms. The van der Waals surface area contributed by atoms with E-state index in [1.165, 1.54) is 174 Å². The first-order valence-corrected chi connectivity index (χ1v) is 46.7. The number of hydrogen-bond acceptors (Lipinski definition) is 5. The van der Waals surface area contributed by atoms with Crippen molar-refractivity contribution >= 4 is 68.9 Å². The molecule has 1 aromatic heterocycles. The van der Waals surface area contributed by atoms with Gasteiger partial charge in [0.05, 0.1) is 23.6 Å². The molecule has 10 aromatic carbocycles. The van der Waals surface area contributed by atoms with Crippen LogP contribution in [0.25, 0.3) is 61.6 Å². The van der Waals surface area contributed by atoms with Crippen LogP contribution in [0, 0.1) is 16.7 Å². The van der Waals surface area contributed by atoms with Gasteiger partial charge in [0.15, 0.2) is 0 Å². The zero-order valence-electron chi connectivity index (χ0n) is 75.1. The number of para-hydroxylation sites is 2. The average molecular weight is 1630 g/mol. The molecular formula is C118H117BN6. The number of fused-ring (bicyclic) bond motifs is 12. The van der Waals surface area contributed by atoms with E-state index in [1.807, 2.05) is 0 Å². The van der Waals surface area contributed by atoms with Gasteiger partial charge >= 0.3 is 0 Å². The summed E-state index contributed by atoms with van der Waals surface area (Å²) in [6.07, 6.45) is 45.1. The molecule has 22 rings (SSSR count). The molecule has 8 atom stereocenters. The molecule has 0 N–H and O–H groups in total. The van der Waals surface area contributed by atoms with Crippen molar-refractivity contribution in [1.82, 2.24) is 4.57 Å². The third kappa shape index (κ3) is 13.7. The Bertz CT molecular complexity index is 6480. The normalized spacial score (nSPS) is 22.3. The van der Waals surface area contributed by atoms with E-state index in [9.17, 15) is 0 Å². The van der Waals surface area contributed by atoms with E-state index in [4.69, 9.17) is 0 Å². The second-order valence-corrected chi connectivity index (χ2v) is 41.6. The Morgan fingerprint density at radius 3 is 1.81 bits per heavy atom. The SMILES string of the molecule is CC(C)(C)C1=CC2c3cc(C(C)(C)C)ccc3N(C3CC4=C5B(C6=C(CC(N(C7=CC=C(N8c9ccccc9C9C=CCCC98)CC7)c7ccccc7)C=C6)N(c6cc(-c7ccccc7)cc(-c7ccccc7)c6)C5C3)c3ccc(-n5c6c(c7cc(C(C)(C)C)ccc75)CC(C(C)(C)C)C=C6)cc3N4c3cc(C4=CCCC=C4)cc(-c4ccccc4)c3)C2C=C1. The molecule has 4 aliphatic heterocycles. The lowest BCUT2D eigenvalue weighted by Gasteiger charge is -2.56. The molecule has 0 saturated carbocycles. The van der Waals surface area contributed by atoms with Crippen LogP contribution in [0.5, 0.6) is 0 Å². The fourth-order valence-corrected chi connectivity index (χ4v) is 23.4. The van der Waals surface area contributed by atoms with Gasteiger partial charge < -0.3 is 29.1 Å². The van der Waals surface area contributed by atoms with Crippen molar-refractivity contribution < 1.29 is 0 Å². The molecule has 0 fully saturated rings. The Balaban J connectivity index is 0.819. The van der Waals surface area contributed by atoms with Crippen LogP contribution in [-0.2, 0) is 17.3 Å². The maximum absolute atomic E-state index is 2.98. The van der Waals surface area contributed by atoms with Gasteiger partial charge in [-0.15, -0.1) is 0 Å². The molecule has 7 heteroatoms. The number of benzene rings is 10. The van der Waals surface area contributed by atoms with Gasteiger partial charge in [0.25, 0.3) is 0 Å². The first-order chi connectivity index (χ1) is 60.5. The average Bonchev–Trinajstić information content (AvgIpc) is 1.15. The van der Waals surface area contributed by atoms with Crippen molar-refractivity contribution in [3.8, 4) is 39.1 Å². The van der Waals surface area contributed by atoms with Crippen molar-refractivity contribution in [2.45, 2.75) is 200 Å². The predicted molar refractivity (Wildman–Crippen MR) is 531 cm³/mol. The number of hydrogen-bond donors (Lipinski definition) is 0. The molecule has 0 bridgehead atoms. The Kier molecular flexibility index (Phi) is 19.2. The van der Waals surface area contributed by atoms with Gasteiger partial charge in [-0.3, -0.25) is 0 Å². The molecule has 0 amide bonds. The van der Waals surface area contributed by atoms with Gasteiger partial charge in [0.2, 0.25) is 6.71 Å². The second-order valence-electron chi connectivity index (χ2n) is 41.6. The number of anilines is 6. The van der Waals surface area contributed by atoms with Crippen molar-refractivity contribution in [1.29, 1.82) is 0 Å². The summed E-state index contributed by atoms with van der Waals surface area (Å²) in [5, 5.41) is 1.37. The highest BCUT2D eigenvalue weighted by atomic mass is 15.3. The molecule has 622 valence electrons. The highest BCUT2D eigenvalue weighted by Crippen LogP contribution is 2.58. The minimum absolute atomic E-state index is 0.0244. The van der Waals surface area contributed by atoms with Crippen LogP contribution in [0.4, 0.5) is 34.1 Å². The van der Waals surface area contributed by atoms with Crippen molar-refractivity contribution in [3.05, 3.63) is 394 Å². The molecule has 5 heterocycles. The van der Waals surface area contributed by atoms with E-state index < -0.39 is 0 Å². The fourth-order valence-electron chi connectivity index (χ4n) is 23.4. The number of allylic oxidation sites excluding steroid dienone is 14. The van der Waals surface area contributed by atoms with E-state index in [0.717, 1.165) is 64.2 Å². The third-order valence-corrected chi connectivity index (χ3v) is 29.9. The second kappa shape index (κ2) is 30.4. The van der Waals surface area contributed by atoms with Gasteiger partial charge in [-0.05, 0) is 276 Å². The molecular weight excluding hydrogens is 1510 g/mol. The summed E-state index contributed by atoms with van der Waals surface area (Å²) in [7, 11) is 0. The third-order valence-electron chi connectivity index (χ3n) is 29.9. The minimum atomic E-state index is -0.125. The maximum atomic E-state index is 2.98. The molecule has 0 saturated heterocycles.